The van der Waals surface area contributed by atoms with Crippen LogP contribution in [0.25, 0.3) is 0 Å². The molecule has 0 spiro atoms. The normalized spacial score (nSPS) is 14.8. The van der Waals surface area contributed by atoms with E-state index in [2.05, 4.69) is 5.43 Å². The summed E-state index contributed by atoms with van der Waals surface area (Å²) in [7, 11) is 0. The highest BCUT2D eigenvalue weighted by molar-refractivity contribution is 6.30. The van der Waals surface area contributed by atoms with Gasteiger partial charge in [-0.2, -0.15) is 0 Å². The van der Waals surface area contributed by atoms with Gasteiger partial charge in [0.1, 0.15) is 13.2 Å². The number of nitrogens with two attached hydrogens (primary N) is 1. The number of halogens is 1. The maximum Gasteiger partial charge on any atom is 0.161 e. The van der Waals surface area contributed by atoms with Crippen LogP contribution in [0, 0.1) is 0 Å². The Labute approximate surface area is 128 Å². The zero-order valence-corrected chi connectivity index (χ0v) is 12.3. The lowest BCUT2D eigenvalue weighted by molar-refractivity contribution is 0.171. The van der Waals surface area contributed by atoms with Gasteiger partial charge in [-0.05, 0) is 41.8 Å². The van der Waals surface area contributed by atoms with E-state index in [4.69, 9.17) is 26.9 Å². The van der Waals surface area contributed by atoms with E-state index in [0.717, 1.165) is 34.1 Å². The topological polar surface area (TPSA) is 56.5 Å². The standard InChI is InChI=1S/C16H17ClN2O2/c17-13-4-1-11(2-5-13)9-14(19-18)12-3-6-15-16(10-12)21-8-7-20-15/h1-6,10,14,19H,7-9,18H2. The van der Waals surface area contributed by atoms with Gasteiger partial charge in [0.15, 0.2) is 11.5 Å². The molecule has 0 bridgehead atoms. The van der Waals surface area contributed by atoms with E-state index < -0.39 is 0 Å². The lowest BCUT2D eigenvalue weighted by Gasteiger charge is -2.22. The van der Waals surface area contributed by atoms with Crippen LogP contribution in [-0.2, 0) is 6.42 Å². The molecule has 4 nitrogen and oxygen atoms in total. The SMILES string of the molecule is NNC(Cc1ccc(Cl)cc1)c1ccc2c(c1)OCCO2. The van der Waals surface area contributed by atoms with Crippen LogP contribution in [0.5, 0.6) is 11.5 Å². The molecule has 5 heteroatoms. The lowest BCUT2D eigenvalue weighted by Crippen LogP contribution is -2.29. The third-order valence-corrected chi connectivity index (χ3v) is 3.77. The Kier molecular flexibility index (Phi) is 4.29. The van der Waals surface area contributed by atoms with Crippen LogP contribution in [0.3, 0.4) is 0 Å². The van der Waals surface area contributed by atoms with Crippen molar-refractivity contribution in [2.45, 2.75) is 12.5 Å². The molecule has 1 aliphatic heterocycles. The largest absolute Gasteiger partial charge is 0.486 e. The highest BCUT2D eigenvalue weighted by Gasteiger charge is 2.16. The van der Waals surface area contributed by atoms with Crippen LogP contribution >= 0.6 is 11.6 Å². The molecule has 0 saturated heterocycles. The molecule has 1 aliphatic rings. The fraction of sp³-hybridized carbons (Fsp3) is 0.250. The molecule has 1 heterocycles. The quantitative estimate of drug-likeness (QED) is 0.673. The van der Waals surface area contributed by atoms with Gasteiger partial charge in [-0.1, -0.05) is 29.8 Å². The second kappa shape index (κ2) is 6.35. The number of hydrogen-bond donors (Lipinski definition) is 2. The molecule has 21 heavy (non-hydrogen) atoms. The number of hydrogen-bond acceptors (Lipinski definition) is 4. The Balaban J connectivity index is 1.81. The Morgan fingerprint density at radius 3 is 2.48 bits per heavy atom. The summed E-state index contributed by atoms with van der Waals surface area (Å²) in [6, 6.07) is 13.7. The Hall–Kier alpha value is -1.75. The van der Waals surface area contributed by atoms with Crippen molar-refractivity contribution in [2.75, 3.05) is 13.2 Å². The number of benzene rings is 2. The molecule has 0 aliphatic carbocycles. The van der Waals surface area contributed by atoms with Gasteiger partial charge >= 0.3 is 0 Å². The zero-order valence-electron chi connectivity index (χ0n) is 11.5. The summed E-state index contributed by atoms with van der Waals surface area (Å²) in [6.07, 6.45) is 0.771. The average Bonchev–Trinajstić information content (AvgIpc) is 2.54. The van der Waals surface area contributed by atoms with E-state index in [0.29, 0.717) is 13.2 Å². The van der Waals surface area contributed by atoms with Gasteiger partial charge in [0.25, 0.3) is 0 Å². The minimum Gasteiger partial charge on any atom is -0.486 e. The van der Waals surface area contributed by atoms with Crippen molar-refractivity contribution in [1.82, 2.24) is 5.43 Å². The second-order valence-corrected chi connectivity index (χ2v) is 5.39. The van der Waals surface area contributed by atoms with Crippen molar-refractivity contribution in [2.24, 2.45) is 5.84 Å². The van der Waals surface area contributed by atoms with E-state index in [9.17, 15) is 0 Å². The first-order chi connectivity index (χ1) is 10.3. The molecule has 3 rings (SSSR count). The van der Waals surface area contributed by atoms with Crippen molar-refractivity contribution in [3.8, 4) is 11.5 Å². The first kappa shape index (κ1) is 14.2. The van der Waals surface area contributed by atoms with Crippen molar-refractivity contribution in [3.05, 3.63) is 58.6 Å². The number of nitrogens with one attached hydrogen (secondary N) is 1. The smallest absolute Gasteiger partial charge is 0.161 e. The second-order valence-electron chi connectivity index (χ2n) is 4.95. The van der Waals surface area contributed by atoms with Crippen LogP contribution in [0.1, 0.15) is 17.2 Å². The zero-order chi connectivity index (χ0) is 14.7. The highest BCUT2D eigenvalue weighted by Crippen LogP contribution is 2.33. The number of fused-ring (bicyclic) bond motifs is 1. The van der Waals surface area contributed by atoms with Crippen molar-refractivity contribution >= 4 is 11.6 Å². The minimum absolute atomic E-state index is 0.00185. The molecule has 2 aromatic rings. The van der Waals surface area contributed by atoms with Crippen LogP contribution < -0.4 is 20.7 Å². The molecule has 0 fully saturated rings. The number of rotatable bonds is 4. The molecule has 110 valence electrons. The van der Waals surface area contributed by atoms with Crippen LogP contribution in [0.4, 0.5) is 0 Å². The van der Waals surface area contributed by atoms with Gasteiger partial charge in [0.2, 0.25) is 0 Å². The van der Waals surface area contributed by atoms with E-state index in [1.54, 1.807) is 0 Å². The molecule has 0 amide bonds. The highest BCUT2D eigenvalue weighted by atomic mass is 35.5. The van der Waals surface area contributed by atoms with E-state index in [1.807, 2.05) is 42.5 Å². The molecular weight excluding hydrogens is 288 g/mol. The van der Waals surface area contributed by atoms with Gasteiger partial charge in [-0.25, -0.2) is 0 Å². The molecule has 0 saturated carbocycles. The summed E-state index contributed by atoms with van der Waals surface area (Å²) in [4.78, 5) is 0. The predicted molar refractivity (Wildman–Crippen MR) is 82.7 cm³/mol. The summed E-state index contributed by atoms with van der Waals surface area (Å²) >= 11 is 5.91. The molecule has 0 aromatic heterocycles. The lowest BCUT2D eigenvalue weighted by atomic mass is 9.99. The van der Waals surface area contributed by atoms with Gasteiger partial charge in [-0.3, -0.25) is 11.3 Å². The molecule has 0 radical (unpaired) electrons. The monoisotopic (exact) mass is 304 g/mol. The maximum absolute atomic E-state index is 5.91. The molecular formula is C16H17ClN2O2. The third kappa shape index (κ3) is 3.29. The van der Waals surface area contributed by atoms with Crippen LogP contribution in [0.2, 0.25) is 5.02 Å². The van der Waals surface area contributed by atoms with Crippen molar-refractivity contribution in [1.29, 1.82) is 0 Å². The van der Waals surface area contributed by atoms with Gasteiger partial charge in [-0.15, -0.1) is 0 Å². The van der Waals surface area contributed by atoms with Gasteiger partial charge in [0, 0.05) is 5.02 Å². The Bertz CT molecular complexity index is 616. The molecule has 1 atom stereocenters. The van der Waals surface area contributed by atoms with E-state index in [-0.39, 0.29) is 6.04 Å². The summed E-state index contributed by atoms with van der Waals surface area (Å²) < 4.78 is 11.1. The fourth-order valence-corrected chi connectivity index (χ4v) is 2.53. The molecule has 1 unspecified atom stereocenters. The van der Waals surface area contributed by atoms with Crippen molar-refractivity contribution < 1.29 is 9.47 Å². The fourth-order valence-electron chi connectivity index (χ4n) is 2.41. The summed E-state index contributed by atoms with van der Waals surface area (Å²) in [5.41, 5.74) is 5.09. The molecule has 2 aromatic carbocycles. The minimum atomic E-state index is 0.00185. The Morgan fingerprint density at radius 1 is 1.05 bits per heavy atom. The predicted octanol–water partition coefficient (Wildman–Crippen LogP) is 2.86. The summed E-state index contributed by atoms with van der Waals surface area (Å²) in [5, 5.41) is 0.732. The van der Waals surface area contributed by atoms with Crippen molar-refractivity contribution in [3.63, 3.8) is 0 Å². The maximum atomic E-state index is 5.91. The first-order valence-electron chi connectivity index (χ1n) is 6.86. The average molecular weight is 305 g/mol. The van der Waals surface area contributed by atoms with E-state index in [1.165, 1.54) is 0 Å². The third-order valence-electron chi connectivity index (χ3n) is 3.52. The van der Waals surface area contributed by atoms with Gasteiger partial charge < -0.3 is 9.47 Å². The van der Waals surface area contributed by atoms with Crippen LogP contribution in [0.15, 0.2) is 42.5 Å². The Morgan fingerprint density at radius 2 is 1.76 bits per heavy atom. The summed E-state index contributed by atoms with van der Waals surface area (Å²) in [6.45, 7) is 1.17. The number of ether oxygens (including phenoxy) is 2. The molecule has 3 N–H and O–H groups in total. The van der Waals surface area contributed by atoms with Gasteiger partial charge in [0.05, 0.1) is 6.04 Å². The van der Waals surface area contributed by atoms with E-state index >= 15 is 0 Å². The first-order valence-corrected chi connectivity index (χ1v) is 7.24. The summed E-state index contributed by atoms with van der Waals surface area (Å²) in [5.74, 6) is 7.27. The number of hydrazine groups is 1. The van der Waals surface area contributed by atoms with Crippen LogP contribution in [-0.4, -0.2) is 13.2 Å².